The Hall–Kier alpha value is -1.89. The van der Waals surface area contributed by atoms with E-state index in [4.69, 9.17) is 5.11 Å². The molecule has 27 heavy (non-hydrogen) atoms. The van der Waals surface area contributed by atoms with Gasteiger partial charge in [0.2, 0.25) is 5.91 Å². The summed E-state index contributed by atoms with van der Waals surface area (Å²) in [5, 5.41) is 15.3. The van der Waals surface area contributed by atoms with E-state index < -0.39 is 5.97 Å². The summed E-state index contributed by atoms with van der Waals surface area (Å²) in [5.41, 5.74) is 1.69. The first-order valence-corrected chi connectivity index (χ1v) is 10.8. The topological polar surface area (TPSA) is 95.5 Å². The minimum atomic E-state index is -0.999. The summed E-state index contributed by atoms with van der Waals surface area (Å²) in [6.07, 6.45) is 8.00. The fraction of sp³-hybridized carbons (Fsp3) is 0.650. The van der Waals surface area contributed by atoms with Crippen LogP contribution in [0.15, 0.2) is 0 Å². The number of carbonyl (C=O) groups excluding carboxylic acids is 2. The molecule has 2 aliphatic rings. The Morgan fingerprint density at radius 2 is 1.89 bits per heavy atom. The quantitative estimate of drug-likeness (QED) is 0.659. The maximum atomic E-state index is 13.0. The van der Waals surface area contributed by atoms with Crippen molar-refractivity contribution >= 4 is 34.1 Å². The Kier molecular flexibility index (Phi) is 6.52. The molecule has 148 valence electrons. The number of thiophene rings is 1. The number of carboxylic acid groups (broad SMARTS) is 1. The van der Waals surface area contributed by atoms with Crippen LogP contribution < -0.4 is 10.6 Å². The molecule has 0 radical (unpaired) electrons. The van der Waals surface area contributed by atoms with E-state index in [9.17, 15) is 14.4 Å². The molecule has 7 heteroatoms. The molecule has 0 bridgehead atoms. The molecule has 1 heterocycles. The summed E-state index contributed by atoms with van der Waals surface area (Å²) in [5.74, 6) is -0.820. The van der Waals surface area contributed by atoms with Crippen molar-refractivity contribution in [3.63, 3.8) is 0 Å². The van der Waals surface area contributed by atoms with Crippen LogP contribution in [-0.2, 0) is 22.4 Å². The largest absolute Gasteiger partial charge is 0.481 e. The molecule has 1 aromatic rings. The lowest BCUT2D eigenvalue weighted by Crippen LogP contribution is -2.33. The monoisotopic (exact) mass is 392 g/mol. The smallest absolute Gasteiger partial charge is 0.303 e. The number of amides is 2. The Bertz CT molecular complexity index is 722. The van der Waals surface area contributed by atoms with Gasteiger partial charge in [0, 0.05) is 17.3 Å². The fourth-order valence-corrected chi connectivity index (χ4v) is 5.44. The third kappa shape index (κ3) is 4.89. The summed E-state index contributed by atoms with van der Waals surface area (Å²) in [4.78, 5) is 37.1. The van der Waals surface area contributed by atoms with Gasteiger partial charge in [0.15, 0.2) is 0 Å². The van der Waals surface area contributed by atoms with E-state index in [-0.39, 0.29) is 30.7 Å². The van der Waals surface area contributed by atoms with Crippen molar-refractivity contribution in [2.45, 2.75) is 77.2 Å². The van der Waals surface area contributed by atoms with Crippen LogP contribution in [0.5, 0.6) is 0 Å². The first-order chi connectivity index (χ1) is 13.0. The first kappa shape index (κ1) is 19.9. The lowest BCUT2D eigenvalue weighted by atomic mass is 9.85. The number of hydrogen-bond acceptors (Lipinski definition) is 4. The van der Waals surface area contributed by atoms with Crippen LogP contribution in [0.4, 0.5) is 5.00 Å². The third-order valence-corrected chi connectivity index (χ3v) is 6.85. The lowest BCUT2D eigenvalue weighted by molar-refractivity contribution is -0.138. The number of carbonyl (C=O) groups is 3. The van der Waals surface area contributed by atoms with Crippen molar-refractivity contribution in [3.05, 3.63) is 16.0 Å². The Morgan fingerprint density at radius 1 is 1.15 bits per heavy atom. The molecule has 0 spiro atoms. The summed E-state index contributed by atoms with van der Waals surface area (Å²) >= 11 is 1.49. The zero-order chi connectivity index (χ0) is 19.4. The molecule has 1 fully saturated rings. The molecular formula is C20H28N2O4S. The van der Waals surface area contributed by atoms with Crippen molar-refractivity contribution in [2.24, 2.45) is 5.92 Å². The van der Waals surface area contributed by atoms with Crippen molar-refractivity contribution in [3.8, 4) is 0 Å². The van der Waals surface area contributed by atoms with Gasteiger partial charge in [-0.1, -0.05) is 26.2 Å². The second-order valence-corrected chi connectivity index (χ2v) is 8.73. The number of aliphatic carboxylic acids is 1. The van der Waals surface area contributed by atoms with Gasteiger partial charge in [0.25, 0.3) is 5.91 Å². The number of fused-ring (bicyclic) bond motifs is 1. The highest BCUT2D eigenvalue weighted by molar-refractivity contribution is 7.17. The molecule has 2 aliphatic carbocycles. The van der Waals surface area contributed by atoms with Crippen molar-refractivity contribution in [1.82, 2.24) is 5.32 Å². The van der Waals surface area contributed by atoms with Gasteiger partial charge in [-0.25, -0.2) is 0 Å². The van der Waals surface area contributed by atoms with Crippen LogP contribution in [0.1, 0.15) is 79.1 Å². The normalized spacial score (nSPS) is 19.5. The predicted molar refractivity (Wildman–Crippen MR) is 105 cm³/mol. The molecule has 0 aliphatic heterocycles. The molecule has 6 nitrogen and oxygen atoms in total. The zero-order valence-electron chi connectivity index (χ0n) is 15.8. The number of nitrogens with one attached hydrogen (secondary N) is 2. The highest BCUT2D eigenvalue weighted by Gasteiger charge is 2.30. The molecule has 0 unspecified atom stereocenters. The summed E-state index contributed by atoms with van der Waals surface area (Å²) < 4.78 is 0. The molecule has 1 atom stereocenters. The van der Waals surface area contributed by atoms with Crippen molar-refractivity contribution in [1.29, 1.82) is 0 Å². The van der Waals surface area contributed by atoms with Crippen LogP contribution in [0.2, 0.25) is 0 Å². The van der Waals surface area contributed by atoms with E-state index in [0.717, 1.165) is 56.9 Å². The summed E-state index contributed by atoms with van der Waals surface area (Å²) in [6, 6.07) is 0.218. The minimum absolute atomic E-state index is 0.0842. The summed E-state index contributed by atoms with van der Waals surface area (Å²) in [7, 11) is 0. The van der Waals surface area contributed by atoms with Crippen LogP contribution in [0.3, 0.4) is 0 Å². The number of rotatable bonds is 7. The van der Waals surface area contributed by atoms with E-state index >= 15 is 0 Å². The van der Waals surface area contributed by atoms with Crippen LogP contribution in [-0.4, -0.2) is 28.9 Å². The maximum Gasteiger partial charge on any atom is 0.303 e. The van der Waals surface area contributed by atoms with E-state index in [1.165, 1.54) is 16.2 Å². The van der Waals surface area contributed by atoms with Gasteiger partial charge < -0.3 is 15.7 Å². The van der Waals surface area contributed by atoms with Crippen molar-refractivity contribution in [2.75, 3.05) is 5.32 Å². The average Bonchev–Trinajstić information content (AvgIpc) is 3.26. The second-order valence-electron chi connectivity index (χ2n) is 7.62. The molecule has 1 aromatic heterocycles. The van der Waals surface area contributed by atoms with E-state index in [2.05, 4.69) is 17.6 Å². The highest BCUT2D eigenvalue weighted by Crippen LogP contribution is 2.40. The lowest BCUT2D eigenvalue weighted by Gasteiger charge is -2.21. The second kappa shape index (κ2) is 8.87. The third-order valence-electron chi connectivity index (χ3n) is 5.68. The Labute approximate surface area is 163 Å². The van der Waals surface area contributed by atoms with Crippen LogP contribution >= 0.6 is 11.3 Å². The Balaban J connectivity index is 1.81. The zero-order valence-corrected chi connectivity index (χ0v) is 16.6. The molecule has 0 saturated heterocycles. The van der Waals surface area contributed by atoms with E-state index in [0.29, 0.717) is 16.5 Å². The average molecular weight is 393 g/mol. The van der Waals surface area contributed by atoms with Gasteiger partial charge in [-0.2, -0.15) is 0 Å². The van der Waals surface area contributed by atoms with Gasteiger partial charge in [0.1, 0.15) is 5.00 Å². The molecule has 3 N–H and O–H groups in total. The summed E-state index contributed by atoms with van der Waals surface area (Å²) in [6.45, 7) is 2.19. The van der Waals surface area contributed by atoms with Gasteiger partial charge in [-0.05, 0) is 43.6 Å². The maximum absolute atomic E-state index is 13.0. The standard InChI is InChI=1S/C20H28N2O4S/c1-2-12-7-8-14-15(11-12)27-20(22-16(23)9-10-17(24)25)18(14)19(26)21-13-5-3-4-6-13/h12-13H,2-11H2,1H3,(H,21,26)(H,22,23)(H,24,25)/t12-/m0/s1. The Morgan fingerprint density at radius 3 is 2.56 bits per heavy atom. The SMILES string of the molecule is CC[C@H]1CCc2c(sc(NC(=O)CCC(=O)O)c2C(=O)NC2CCCC2)C1. The van der Waals surface area contributed by atoms with Crippen LogP contribution in [0, 0.1) is 5.92 Å². The number of hydrogen-bond donors (Lipinski definition) is 3. The van der Waals surface area contributed by atoms with Gasteiger partial charge in [0.05, 0.1) is 12.0 Å². The minimum Gasteiger partial charge on any atom is -0.481 e. The van der Waals surface area contributed by atoms with Gasteiger partial charge >= 0.3 is 5.97 Å². The number of anilines is 1. The molecule has 0 aromatic carbocycles. The van der Waals surface area contributed by atoms with E-state index in [1.807, 2.05) is 0 Å². The van der Waals surface area contributed by atoms with Crippen molar-refractivity contribution < 1.29 is 19.5 Å². The molecule has 1 saturated carbocycles. The van der Waals surface area contributed by atoms with E-state index in [1.54, 1.807) is 0 Å². The molecular weight excluding hydrogens is 364 g/mol. The van der Waals surface area contributed by atoms with Gasteiger partial charge in [-0.15, -0.1) is 11.3 Å². The fourth-order valence-electron chi connectivity index (χ4n) is 4.07. The number of carboxylic acids is 1. The first-order valence-electron chi connectivity index (χ1n) is 9.95. The highest BCUT2D eigenvalue weighted by atomic mass is 32.1. The predicted octanol–water partition coefficient (Wildman–Crippen LogP) is 3.74. The van der Waals surface area contributed by atoms with Gasteiger partial charge in [-0.3, -0.25) is 14.4 Å². The molecule has 2 amide bonds. The molecule has 3 rings (SSSR count). The van der Waals surface area contributed by atoms with Crippen LogP contribution in [0.25, 0.3) is 0 Å².